The third-order valence-corrected chi connectivity index (χ3v) is 2.99. The molecule has 0 aliphatic carbocycles. The zero-order valence-corrected chi connectivity index (χ0v) is 9.42. The van der Waals surface area contributed by atoms with Crippen LogP contribution >= 0.6 is 15.9 Å². The van der Waals surface area contributed by atoms with Crippen molar-refractivity contribution in [3.05, 3.63) is 35.1 Å². The predicted octanol–water partition coefficient (Wildman–Crippen LogP) is 4.44. The average Bonchev–Trinajstić information content (AvgIpc) is 2.15. The van der Waals surface area contributed by atoms with E-state index in [-0.39, 0.29) is 12.1 Å². The van der Waals surface area contributed by atoms with Gasteiger partial charge in [-0.15, -0.1) is 0 Å². The molecule has 1 aromatic carbocycles. The molecule has 0 saturated carbocycles. The molecule has 1 unspecified atom stereocenters. The second-order valence-electron chi connectivity index (χ2n) is 3.12. The van der Waals surface area contributed by atoms with Gasteiger partial charge in [0.05, 0.1) is 0 Å². The van der Waals surface area contributed by atoms with Gasteiger partial charge in [-0.3, -0.25) is 0 Å². The highest BCUT2D eigenvalue weighted by molar-refractivity contribution is 9.09. The summed E-state index contributed by atoms with van der Waals surface area (Å²) in [6.07, 6.45) is -4.12. The summed E-state index contributed by atoms with van der Waals surface area (Å²) in [7, 11) is 0. The van der Waals surface area contributed by atoms with Gasteiger partial charge in [0.15, 0.2) is 0 Å². The molecule has 0 bridgehead atoms. The summed E-state index contributed by atoms with van der Waals surface area (Å²) in [5, 5.41) is 0. The molecular formula is C9H4BrF7. The van der Waals surface area contributed by atoms with Crippen molar-refractivity contribution in [2.45, 2.75) is 17.2 Å². The van der Waals surface area contributed by atoms with E-state index >= 15 is 0 Å². The summed E-state index contributed by atoms with van der Waals surface area (Å²) in [6.45, 7) is 0. The molecule has 0 fully saturated rings. The molecule has 1 atom stereocenters. The minimum absolute atomic E-state index is 0.133. The Morgan fingerprint density at radius 2 is 1.41 bits per heavy atom. The second kappa shape index (κ2) is 4.83. The van der Waals surface area contributed by atoms with Crippen molar-refractivity contribution in [2.75, 3.05) is 0 Å². The molecule has 0 N–H and O–H groups in total. The smallest absolute Gasteiger partial charge is 0.207 e. The van der Waals surface area contributed by atoms with Crippen molar-refractivity contribution >= 4 is 15.9 Å². The first-order valence-electron chi connectivity index (χ1n) is 4.12. The van der Waals surface area contributed by atoms with Gasteiger partial charge >= 0.3 is 12.3 Å². The van der Waals surface area contributed by atoms with E-state index in [1.165, 1.54) is 0 Å². The molecule has 1 rings (SSSR count). The molecule has 8 heteroatoms. The maximum absolute atomic E-state index is 13.1. The monoisotopic (exact) mass is 324 g/mol. The molecule has 0 aromatic heterocycles. The van der Waals surface area contributed by atoms with Crippen molar-refractivity contribution in [1.82, 2.24) is 0 Å². The van der Waals surface area contributed by atoms with E-state index in [2.05, 4.69) is 15.9 Å². The summed E-state index contributed by atoms with van der Waals surface area (Å²) in [6, 6.07) is 0.266. The van der Waals surface area contributed by atoms with Gasteiger partial charge in [-0.25, -0.2) is 22.0 Å². The first-order chi connectivity index (χ1) is 7.67. The van der Waals surface area contributed by atoms with Crippen LogP contribution in [0.1, 0.15) is 10.4 Å². The van der Waals surface area contributed by atoms with Crippen molar-refractivity contribution < 1.29 is 30.7 Å². The highest BCUT2D eigenvalue weighted by atomic mass is 79.9. The first kappa shape index (κ1) is 14.3. The van der Waals surface area contributed by atoms with Gasteiger partial charge < -0.3 is 0 Å². The largest absolute Gasteiger partial charge is 0.323 e. The number of rotatable bonds is 3. The fourth-order valence-corrected chi connectivity index (χ4v) is 1.74. The van der Waals surface area contributed by atoms with Crippen LogP contribution in [0.25, 0.3) is 0 Å². The Morgan fingerprint density at radius 1 is 1.00 bits per heavy atom. The van der Waals surface area contributed by atoms with Crippen LogP contribution < -0.4 is 0 Å². The number of hydrogen-bond donors (Lipinski definition) is 0. The molecule has 0 nitrogen and oxygen atoms in total. The Bertz CT molecular complexity index is 395. The maximum atomic E-state index is 13.1. The molecule has 0 radical (unpaired) electrons. The lowest BCUT2D eigenvalue weighted by Gasteiger charge is -2.22. The van der Waals surface area contributed by atoms with E-state index in [4.69, 9.17) is 0 Å². The third kappa shape index (κ3) is 2.72. The van der Waals surface area contributed by atoms with E-state index in [1.807, 2.05) is 0 Å². The zero-order valence-electron chi connectivity index (χ0n) is 7.83. The summed E-state index contributed by atoms with van der Waals surface area (Å²) in [4.78, 5) is -2.59. The van der Waals surface area contributed by atoms with Gasteiger partial charge in [-0.05, 0) is 0 Å². The topological polar surface area (TPSA) is 0 Å². The molecule has 0 aliphatic rings. The van der Waals surface area contributed by atoms with Crippen LogP contribution in [-0.2, 0) is 0 Å². The SMILES string of the molecule is Fc1cc(F)c(C(Br)C(F)(F)C(F)F)c(F)c1. The van der Waals surface area contributed by atoms with Gasteiger partial charge in [0, 0.05) is 17.7 Å². The fraction of sp³-hybridized carbons (Fsp3) is 0.333. The Balaban J connectivity index is 3.26. The van der Waals surface area contributed by atoms with Crippen LogP contribution in [0, 0.1) is 17.5 Å². The highest BCUT2D eigenvalue weighted by Crippen LogP contribution is 2.44. The summed E-state index contributed by atoms with van der Waals surface area (Å²) < 4.78 is 88.3. The molecule has 96 valence electrons. The molecule has 0 spiro atoms. The molecule has 0 saturated heterocycles. The molecule has 17 heavy (non-hydrogen) atoms. The van der Waals surface area contributed by atoms with Gasteiger partial charge in [0.25, 0.3) is 0 Å². The number of alkyl halides is 5. The lowest BCUT2D eigenvalue weighted by molar-refractivity contribution is -0.128. The molecule has 1 aromatic rings. The third-order valence-electron chi connectivity index (χ3n) is 1.93. The van der Waals surface area contributed by atoms with Crippen molar-refractivity contribution in [2.24, 2.45) is 0 Å². The van der Waals surface area contributed by atoms with Crippen molar-refractivity contribution in [1.29, 1.82) is 0 Å². The summed E-state index contributed by atoms with van der Waals surface area (Å²) in [5.74, 6) is -9.34. The Morgan fingerprint density at radius 3 is 1.76 bits per heavy atom. The van der Waals surface area contributed by atoms with Gasteiger partial charge in [-0.1, -0.05) is 15.9 Å². The number of halogens is 8. The summed E-state index contributed by atoms with van der Waals surface area (Å²) >= 11 is 2.10. The number of hydrogen-bond acceptors (Lipinski definition) is 0. The van der Waals surface area contributed by atoms with Crippen LogP contribution in [0.5, 0.6) is 0 Å². The normalized spacial score (nSPS) is 14.2. The Kier molecular flexibility index (Phi) is 4.06. The number of benzene rings is 1. The van der Waals surface area contributed by atoms with E-state index in [0.29, 0.717) is 0 Å². The highest BCUT2D eigenvalue weighted by Gasteiger charge is 2.50. The average molecular weight is 325 g/mol. The van der Waals surface area contributed by atoms with Gasteiger partial charge in [0.2, 0.25) is 0 Å². The van der Waals surface area contributed by atoms with Crippen LogP contribution in [0.2, 0.25) is 0 Å². The van der Waals surface area contributed by atoms with Crippen molar-refractivity contribution in [3.63, 3.8) is 0 Å². The van der Waals surface area contributed by atoms with Crippen molar-refractivity contribution in [3.8, 4) is 0 Å². The minimum Gasteiger partial charge on any atom is -0.207 e. The Labute approximate surface area is 99.6 Å². The fourth-order valence-electron chi connectivity index (χ4n) is 1.10. The van der Waals surface area contributed by atoms with E-state index in [9.17, 15) is 30.7 Å². The van der Waals surface area contributed by atoms with Crippen LogP contribution in [-0.4, -0.2) is 12.3 Å². The lowest BCUT2D eigenvalue weighted by atomic mass is 10.1. The summed E-state index contributed by atoms with van der Waals surface area (Å²) in [5.41, 5.74) is -1.34. The lowest BCUT2D eigenvalue weighted by Crippen LogP contribution is -2.32. The van der Waals surface area contributed by atoms with Gasteiger partial charge in [0.1, 0.15) is 22.3 Å². The van der Waals surface area contributed by atoms with E-state index < -0.39 is 40.2 Å². The standard InChI is InChI=1S/C9H4BrF7/c10-7(9(16,17)8(14)15)6-4(12)1-3(11)2-5(6)13/h1-2,7-8H. The second-order valence-corrected chi connectivity index (χ2v) is 4.04. The maximum Gasteiger partial charge on any atom is 0.323 e. The first-order valence-corrected chi connectivity index (χ1v) is 5.04. The zero-order chi connectivity index (χ0) is 13.4. The van der Waals surface area contributed by atoms with Gasteiger partial charge in [-0.2, -0.15) is 8.78 Å². The minimum atomic E-state index is -4.68. The van der Waals surface area contributed by atoms with E-state index in [1.54, 1.807) is 0 Å². The molecule has 0 amide bonds. The van der Waals surface area contributed by atoms with Crippen LogP contribution in [0.3, 0.4) is 0 Å². The molecule has 0 heterocycles. The van der Waals surface area contributed by atoms with E-state index in [0.717, 1.165) is 0 Å². The van der Waals surface area contributed by atoms with Crippen LogP contribution in [0.15, 0.2) is 12.1 Å². The van der Waals surface area contributed by atoms with Crippen LogP contribution in [0.4, 0.5) is 30.7 Å². The quantitative estimate of drug-likeness (QED) is 0.569. The predicted molar refractivity (Wildman–Crippen MR) is 48.9 cm³/mol. The Hall–Kier alpha value is -0.790. The molecule has 0 aliphatic heterocycles. The molecular weight excluding hydrogens is 321 g/mol.